The van der Waals surface area contributed by atoms with E-state index in [1.165, 1.54) is 19.3 Å². The predicted molar refractivity (Wildman–Crippen MR) is 67.4 cm³/mol. The van der Waals surface area contributed by atoms with Crippen molar-refractivity contribution in [1.29, 1.82) is 0 Å². The molecule has 0 aliphatic rings. The summed E-state index contributed by atoms with van der Waals surface area (Å²) in [7, 11) is 0. The second-order valence-electron chi connectivity index (χ2n) is 4.23. The SMILES string of the molecule is CCCCCC(C)Nc1cnccc1CO. The van der Waals surface area contributed by atoms with Crippen LogP contribution in [-0.4, -0.2) is 16.1 Å². The highest BCUT2D eigenvalue weighted by Crippen LogP contribution is 2.16. The molecule has 1 rings (SSSR count). The van der Waals surface area contributed by atoms with Gasteiger partial charge in [-0.25, -0.2) is 0 Å². The standard InChI is InChI=1S/C13H22N2O/c1-3-4-5-6-11(2)15-13-9-14-8-7-12(13)10-16/h7-9,11,15-16H,3-6,10H2,1-2H3. The molecular formula is C13H22N2O. The van der Waals surface area contributed by atoms with Crippen molar-refractivity contribution in [2.75, 3.05) is 5.32 Å². The predicted octanol–water partition coefficient (Wildman–Crippen LogP) is 2.95. The monoisotopic (exact) mass is 222 g/mol. The number of pyridine rings is 1. The van der Waals surface area contributed by atoms with Crippen molar-refractivity contribution in [3.63, 3.8) is 0 Å². The zero-order chi connectivity index (χ0) is 11.8. The molecule has 1 heterocycles. The quantitative estimate of drug-likeness (QED) is 0.697. The number of nitrogens with one attached hydrogen (secondary N) is 1. The van der Waals surface area contributed by atoms with Crippen molar-refractivity contribution in [1.82, 2.24) is 4.98 Å². The maximum absolute atomic E-state index is 9.18. The molecule has 90 valence electrons. The summed E-state index contributed by atoms with van der Waals surface area (Å²) in [5.41, 5.74) is 1.87. The molecule has 2 N–H and O–H groups in total. The summed E-state index contributed by atoms with van der Waals surface area (Å²) in [5, 5.41) is 12.6. The van der Waals surface area contributed by atoms with Crippen LogP contribution in [0.5, 0.6) is 0 Å². The number of aliphatic hydroxyl groups is 1. The van der Waals surface area contributed by atoms with E-state index in [-0.39, 0.29) is 6.61 Å². The van der Waals surface area contributed by atoms with Crippen LogP contribution in [0.1, 0.15) is 45.1 Å². The molecule has 1 atom stereocenters. The first-order valence-electron chi connectivity index (χ1n) is 6.08. The highest BCUT2D eigenvalue weighted by Gasteiger charge is 2.05. The van der Waals surface area contributed by atoms with E-state index < -0.39 is 0 Å². The Morgan fingerprint density at radius 2 is 2.25 bits per heavy atom. The number of unbranched alkanes of at least 4 members (excludes halogenated alkanes) is 2. The van der Waals surface area contributed by atoms with E-state index in [4.69, 9.17) is 0 Å². The fourth-order valence-electron chi connectivity index (χ4n) is 1.73. The van der Waals surface area contributed by atoms with E-state index in [1.807, 2.05) is 6.07 Å². The Bertz CT molecular complexity index is 302. The minimum absolute atomic E-state index is 0.0620. The summed E-state index contributed by atoms with van der Waals surface area (Å²) in [6, 6.07) is 2.28. The lowest BCUT2D eigenvalue weighted by atomic mass is 10.1. The summed E-state index contributed by atoms with van der Waals surface area (Å²) in [5.74, 6) is 0. The molecule has 0 aromatic carbocycles. The molecule has 0 fully saturated rings. The van der Waals surface area contributed by atoms with Gasteiger partial charge in [0, 0.05) is 17.8 Å². The average Bonchev–Trinajstić information content (AvgIpc) is 2.30. The summed E-state index contributed by atoms with van der Waals surface area (Å²) in [6.07, 6.45) is 8.43. The number of anilines is 1. The van der Waals surface area contributed by atoms with Crippen LogP contribution in [0.15, 0.2) is 18.5 Å². The Morgan fingerprint density at radius 3 is 2.94 bits per heavy atom. The molecule has 0 radical (unpaired) electrons. The van der Waals surface area contributed by atoms with Crippen molar-refractivity contribution in [3.05, 3.63) is 24.0 Å². The molecule has 3 nitrogen and oxygen atoms in total. The van der Waals surface area contributed by atoms with Gasteiger partial charge in [-0.1, -0.05) is 26.2 Å². The third-order valence-corrected chi connectivity index (χ3v) is 2.72. The maximum atomic E-state index is 9.18. The molecule has 16 heavy (non-hydrogen) atoms. The molecule has 0 saturated heterocycles. The molecule has 0 aliphatic heterocycles. The third kappa shape index (κ3) is 4.19. The van der Waals surface area contributed by atoms with Crippen LogP contribution in [0.4, 0.5) is 5.69 Å². The van der Waals surface area contributed by atoms with Gasteiger partial charge in [-0.05, 0) is 19.4 Å². The molecular weight excluding hydrogens is 200 g/mol. The van der Waals surface area contributed by atoms with Crippen molar-refractivity contribution < 1.29 is 5.11 Å². The topological polar surface area (TPSA) is 45.2 Å². The van der Waals surface area contributed by atoms with Gasteiger partial charge < -0.3 is 10.4 Å². The van der Waals surface area contributed by atoms with Crippen LogP contribution >= 0.6 is 0 Å². The highest BCUT2D eigenvalue weighted by atomic mass is 16.3. The third-order valence-electron chi connectivity index (χ3n) is 2.72. The zero-order valence-electron chi connectivity index (χ0n) is 10.2. The Balaban J connectivity index is 2.45. The molecule has 1 aromatic heterocycles. The number of hydrogen-bond acceptors (Lipinski definition) is 3. The summed E-state index contributed by atoms with van der Waals surface area (Å²) in [4.78, 5) is 4.07. The smallest absolute Gasteiger partial charge is 0.0703 e. The largest absolute Gasteiger partial charge is 0.392 e. The van der Waals surface area contributed by atoms with Gasteiger partial charge in [0.05, 0.1) is 18.5 Å². The van der Waals surface area contributed by atoms with E-state index in [0.717, 1.165) is 17.7 Å². The Kier molecular flexibility index (Phi) is 5.86. The van der Waals surface area contributed by atoms with Crippen LogP contribution in [-0.2, 0) is 6.61 Å². The molecule has 0 amide bonds. The van der Waals surface area contributed by atoms with Gasteiger partial charge in [0.2, 0.25) is 0 Å². The van der Waals surface area contributed by atoms with Gasteiger partial charge in [0.1, 0.15) is 0 Å². The number of nitrogens with zero attached hydrogens (tertiary/aromatic N) is 1. The Labute approximate surface area is 97.9 Å². The van der Waals surface area contributed by atoms with Crippen LogP contribution in [0.2, 0.25) is 0 Å². The van der Waals surface area contributed by atoms with Crippen LogP contribution < -0.4 is 5.32 Å². The van der Waals surface area contributed by atoms with Gasteiger partial charge in [-0.15, -0.1) is 0 Å². The number of hydrogen-bond donors (Lipinski definition) is 2. The van der Waals surface area contributed by atoms with E-state index in [0.29, 0.717) is 6.04 Å². The van der Waals surface area contributed by atoms with Crippen LogP contribution in [0.25, 0.3) is 0 Å². The van der Waals surface area contributed by atoms with E-state index in [2.05, 4.69) is 24.1 Å². The van der Waals surface area contributed by atoms with Crippen molar-refractivity contribution >= 4 is 5.69 Å². The average molecular weight is 222 g/mol. The maximum Gasteiger partial charge on any atom is 0.0703 e. The first-order chi connectivity index (χ1) is 7.77. The molecule has 0 bridgehead atoms. The van der Waals surface area contributed by atoms with Crippen LogP contribution in [0, 0.1) is 0 Å². The number of aromatic nitrogens is 1. The van der Waals surface area contributed by atoms with Crippen molar-refractivity contribution in [3.8, 4) is 0 Å². The summed E-state index contributed by atoms with van der Waals surface area (Å²) < 4.78 is 0. The van der Waals surface area contributed by atoms with E-state index >= 15 is 0 Å². The first-order valence-corrected chi connectivity index (χ1v) is 6.08. The number of aliphatic hydroxyl groups excluding tert-OH is 1. The molecule has 0 saturated carbocycles. The second-order valence-corrected chi connectivity index (χ2v) is 4.23. The highest BCUT2D eigenvalue weighted by molar-refractivity contribution is 5.49. The Morgan fingerprint density at radius 1 is 1.44 bits per heavy atom. The fourth-order valence-corrected chi connectivity index (χ4v) is 1.73. The molecule has 0 aliphatic carbocycles. The minimum atomic E-state index is 0.0620. The molecule has 3 heteroatoms. The molecule has 1 unspecified atom stereocenters. The lowest BCUT2D eigenvalue weighted by molar-refractivity contribution is 0.282. The van der Waals surface area contributed by atoms with Gasteiger partial charge in [-0.2, -0.15) is 0 Å². The van der Waals surface area contributed by atoms with E-state index in [1.54, 1.807) is 12.4 Å². The van der Waals surface area contributed by atoms with Gasteiger partial charge >= 0.3 is 0 Å². The second kappa shape index (κ2) is 7.23. The molecule has 0 spiro atoms. The van der Waals surface area contributed by atoms with Gasteiger partial charge in [0.15, 0.2) is 0 Å². The van der Waals surface area contributed by atoms with Crippen molar-refractivity contribution in [2.24, 2.45) is 0 Å². The fraction of sp³-hybridized carbons (Fsp3) is 0.615. The minimum Gasteiger partial charge on any atom is -0.392 e. The van der Waals surface area contributed by atoms with Gasteiger partial charge in [0.25, 0.3) is 0 Å². The molecule has 1 aromatic rings. The lowest BCUT2D eigenvalue weighted by Gasteiger charge is -2.16. The summed E-state index contributed by atoms with van der Waals surface area (Å²) in [6.45, 7) is 4.44. The Hall–Kier alpha value is -1.09. The zero-order valence-corrected chi connectivity index (χ0v) is 10.2. The van der Waals surface area contributed by atoms with E-state index in [9.17, 15) is 5.11 Å². The van der Waals surface area contributed by atoms with Crippen molar-refractivity contribution in [2.45, 2.75) is 52.2 Å². The lowest BCUT2D eigenvalue weighted by Crippen LogP contribution is -2.16. The number of rotatable bonds is 7. The first kappa shape index (κ1) is 13.0. The van der Waals surface area contributed by atoms with Crippen LogP contribution in [0.3, 0.4) is 0 Å². The van der Waals surface area contributed by atoms with Gasteiger partial charge in [-0.3, -0.25) is 4.98 Å². The normalized spacial score (nSPS) is 12.4. The summed E-state index contributed by atoms with van der Waals surface area (Å²) >= 11 is 0.